The molecule has 0 aliphatic rings. The molecule has 0 aromatic carbocycles. The first kappa shape index (κ1) is 14.4. The normalized spacial score (nSPS) is 16.6. The Balaban J connectivity index is 4.43. The van der Waals surface area contributed by atoms with Gasteiger partial charge in [0.05, 0.1) is 0 Å². The fourth-order valence-corrected chi connectivity index (χ4v) is 0.494. The summed E-state index contributed by atoms with van der Waals surface area (Å²) in [7, 11) is 0. The molecule has 0 bridgehead atoms. The van der Waals surface area contributed by atoms with E-state index in [1.54, 1.807) is 0 Å². The Kier molecular flexibility index (Phi) is 3.94. The zero-order chi connectivity index (χ0) is 12.5. The Morgan fingerprint density at radius 2 is 1.33 bits per heavy atom. The van der Waals surface area contributed by atoms with Crippen molar-refractivity contribution < 1.29 is 39.9 Å². The Labute approximate surface area is 79.0 Å². The Morgan fingerprint density at radius 1 is 0.933 bits per heavy atom. The third-order valence-corrected chi connectivity index (χ3v) is 1.42. The summed E-state index contributed by atoms with van der Waals surface area (Å²) >= 11 is 0. The molecule has 0 aromatic heterocycles. The van der Waals surface area contributed by atoms with Crippen molar-refractivity contribution in [2.24, 2.45) is 5.92 Å². The van der Waals surface area contributed by atoms with Crippen molar-refractivity contribution >= 4 is 0 Å². The third kappa shape index (κ3) is 5.14. The van der Waals surface area contributed by atoms with Gasteiger partial charge in [-0.15, -0.1) is 0 Å². The van der Waals surface area contributed by atoms with Gasteiger partial charge in [-0.25, -0.2) is 0 Å². The van der Waals surface area contributed by atoms with Crippen LogP contribution in [0.25, 0.3) is 0 Å². The number of halogens is 8. The summed E-state index contributed by atoms with van der Waals surface area (Å²) in [4.78, 5) is 0. The van der Waals surface area contributed by atoms with Crippen molar-refractivity contribution in [2.75, 3.05) is 6.61 Å². The molecule has 0 aliphatic carbocycles. The molecule has 92 valence electrons. The lowest BCUT2D eigenvalue weighted by molar-refractivity contribution is -0.351. The zero-order valence-electron chi connectivity index (χ0n) is 7.22. The SMILES string of the molecule is CC(C(F)(F)F)C(F)(F)OCC(F)(F)F. The van der Waals surface area contributed by atoms with Gasteiger partial charge in [0, 0.05) is 0 Å². The highest BCUT2D eigenvalue weighted by Crippen LogP contribution is 2.39. The van der Waals surface area contributed by atoms with E-state index in [-0.39, 0.29) is 6.92 Å². The molecule has 9 heteroatoms. The van der Waals surface area contributed by atoms with Crippen LogP contribution in [0.4, 0.5) is 35.1 Å². The predicted octanol–water partition coefficient (Wildman–Crippen LogP) is 3.36. The minimum absolute atomic E-state index is 0.0381. The highest BCUT2D eigenvalue weighted by atomic mass is 19.4. The predicted molar refractivity (Wildman–Crippen MR) is 32.2 cm³/mol. The van der Waals surface area contributed by atoms with Gasteiger partial charge in [-0.3, -0.25) is 0 Å². The summed E-state index contributed by atoms with van der Waals surface area (Å²) in [6, 6.07) is 0. The van der Waals surface area contributed by atoms with E-state index in [0.717, 1.165) is 0 Å². The van der Waals surface area contributed by atoms with Gasteiger partial charge >= 0.3 is 18.5 Å². The quantitative estimate of drug-likeness (QED) is 0.694. The smallest absolute Gasteiger partial charge is 0.310 e. The van der Waals surface area contributed by atoms with Crippen LogP contribution in [0, 0.1) is 5.92 Å². The average molecular weight is 246 g/mol. The van der Waals surface area contributed by atoms with Gasteiger partial charge in [0.25, 0.3) is 0 Å². The standard InChI is InChI=1S/C6H6F8O/c1-3(5(10,11)12)6(13,14)15-2-4(7,8)9/h3H,2H2,1H3. The largest absolute Gasteiger partial charge is 0.412 e. The van der Waals surface area contributed by atoms with Crippen molar-refractivity contribution in [2.45, 2.75) is 25.4 Å². The monoisotopic (exact) mass is 246 g/mol. The van der Waals surface area contributed by atoms with Crippen LogP contribution in [0.5, 0.6) is 0 Å². The molecule has 0 rings (SSSR count). The van der Waals surface area contributed by atoms with Gasteiger partial charge < -0.3 is 4.74 Å². The molecule has 0 aromatic rings. The Morgan fingerprint density at radius 3 is 1.60 bits per heavy atom. The van der Waals surface area contributed by atoms with Crippen molar-refractivity contribution in [3.63, 3.8) is 0 Å². The number of rotatable bonds is 3. The number of hydrogen-bond donors (Lipinski definition) is 0. The molecule has 0 spiro atoms. The Hall–Kier alpha value is -0.600. The lowest BCUT2D eigenvalue weighted by Crippen LogP contribution is -2.41. The van der Waals surface area contributed by atoms with Crippen molar-refractivity contribution in [1.82, 2.24) is 0 Å². The summed E-state index contributed by atoms with van der Waals surface area (Å²) in [5.74, 6) is -3.30. The molecule has 15 heavy (non-hydrogen) atoms. The second-order valence-corrected chi connectivity index (χ2v) is 2.73. The van der Waals surface area contributed by atoms with E-state index < -0.39 is 31.0 Å². The molecular formula is C6H6F8O. The summed E-state index contributed by atoms with van der Waals surface area (Å²) in [5.41, 5.74) is 0. The molecule has 1 atom stereocenters. The first-order valence-corrected chi connectivity index (χ1v) is 3.51. The molecular weight excluding hydrogens is 240 g/mol. The van der Waals surface area contributed by atoms with Gasteiger partial charge in [-0.2, -0.15) is 35.1 Å². The maximum absolute atomic E-state index is 12.4. The van der Waals surface area contributed by atoms with Crippen LogP contribution in [0.2, 0.25) is 0 Å². The Bertz CT molecular complexity index is 204. The van der Waals surface area contributed by atoms with Crippen LogP contribution in [0.15, 0.2) is 0 Å². The number of ether oxygens (including phenoxy) is 1. The van der Waals surface area contributed by atoms with E-state index in [4.69, 9.17) is 0 Å². The van der Waals surface area contributed by atoms with E-state index in [0.29, 0.717) is 0 Å². The van der Waals surface area contributed by atoms with E-state index >= 15 is 0 Å². The summed E-state index contributed by atoms with van der Waals surface area (Å²) < 4.78 is 97.1. The molecule has 0 fully saturated rings. The van der Waals surface area contributed by atoms with Gasteiger partial charge in [-0.05, 0) is 6.92 Å². The molecule has 0 N–H and O–H groups in total. The van der Waals surface area contributed by atoms with Gasteiger partial charge in [-0.1, -0.05) is 0 Å². The summed E-state index contributed by atoms with van der Waals surface area (Å²) in [6.45, 7) is -2.39. The highest BCUT2D eigenvalue weighted by molar-refractivity contribution is 4.72. The fraction of sp³-hybridized carbons (Fsp3) is 1.00. The van der Waals surface area contributed by atoms with Crippen molar-refractivity contribution in [1.29, 1.82) is 0 Å². The molecule has 0 saturated heterocycles. The lowest BCUT2D eigenvalue weighted by Gasteiger charge is -2.25. The van der Waals surface area contributed by atoms with Crippen LogP contribution >= 0.6 is 0 Å². The second kappa shape index (κ2) is 4.11. The average Bonchev–Trinajstić information content (AvgIpc) is 1.97. The molecule has 1 unspecified atom stereocenters. The summed E-state index contributed by atoms with van der Waals surface area (Å²) in [5, 5.41) is 0. The van der Waals surface area contributed by atoms with Gasteiger partial charge in [0.1, 0.15) is 12.5 Å². The highest BCUT2D eigenvalue weighted by Gasteiger charge is 2.54. The molecule has 1 nitrogen and oxygen atoms in total. The third-order valence-electron chi connectivity index (χ3n) is 1.42. The fourth-order valence-electron chi connectivity index (χ4n) is 0.494. The number of hydrogen-bond acceptors (Lipinski definition) is 1. The molecule has 0 amide bonds. The van der Waals surface area contributed by atoms with E-state index in [1.807, 2.05) is 0 Å². The maximum atomic E-state index is 12.4. The van der Waals surface area contributed by atoms with E-state index in [2.05, 4.69) is 4.74 Å². The van der Waals surface area contributed by atoms with Crippen LogP contribution in [0.1, 0.15) is 6.92 Å². The topological polar surface area (TPSA) is 9.23 Å². The zero-order valence-corrected chi connectivity index (χ0v) is 7.22. The number of alkyl halides is 8. The van der Waals surface area contributed by atoms with E-state index in [9.17, 15) is 35.1 Å². The van der Waals surface area contributed by atoms with Gasteiger partial charge in [0.15, 0.2) is 0 Å². The first-order valence-electron chi connectivity index (χ1n) is 3.51. The van der Waals surface area contributed by atoms with Crippen LogP contribution in [-0.2, 0) is 4.74 Å². The van der Waals surface area contributed by atoms with Crippen molar-refractivity contribution in [3.05, 3.63) is 0 Å². The van der Waals surface area contributed by atoms with E-state index in [1.165, 1.54) is 0 Å². The van der Waals surface area contributed by atoms with Crippen molar-refractivity contribution in [3.8, 4) is 0 Å². The molecule has 0 saturated carbocycles. The second-order valence-electron chi connectivity index (χ2n) is 2.73. The van der Waals surface area contributed by atoms with Gasteiger partial charge in [0.2, 0.25) is 0 Å². The molecule has 0 radical (unpaired) electrons. The van der Waals surface area contributed by atoms with Crippen LogP contribution in [-0.4, -0.2) is 25.1 Å². The molecule has 0 aliphatic heterocycles. The van der Waals surface area contributed by atoms with Crippen LogP contribution in [0.3, 0.4) is 0 Å². The lowest BCUT2D eigenvalue weighted by atomic mass is 10.1. The molecule has 0 heterocycles. The first-order chi connectivity index (χ1) is 6.36. The maximum Gasteiger partial charge on any atom is 0.412 e. The summed E-state index contributed by atoms with van der Waals surface area (Å²) in [6.07, 6.45) is -15.3. The minimum atomic E-state index is -5.32. The minimum Gasteiger partial charge on any atom is -0.310 e. The van der Waals surface area contributed by atoms with Crippen LogP contribution < -0.4 is 0 Å².